The summed E-state index contributed by atoms with van der Waals surface area (Å²) in [5, 5.41) is 7.23. The van der Waals surface area contributed by atoms with E-state index in [9.17, 15) is 4.79 Å². The maximum atomic E-state index is 12.1. The average Bonchev–Trinajstić information content (AvgIpc) is 3.27. The first kappa shape index (κ1) is 21.6. The van der Waals surface area contributed by atoms with E-state index < -0.39 is 0 Å². The lowest BCUT2D eigenvalue weighted by Gasteiger charge is -2.36. The molecule has 30 heavy (non-hydrogen) atoms. The van der Waals surface area contributed by atoms with Crippen LogP contribution in [0.3, 0.4) is 0 Å². The quantitative estimate of drug-likeness (QED) is 0.535. The lowest BCUT2D eigenvalue weighted by Crippen LogP contribution is -2.53. The van der Waals surface area contributed by atoms with Gasteiger partial charge in [0.2, 0.25) is 5.91 Å². The Bertz CT molecular complexity index is 812. The highest BCUT2D eigenvalue weighted by Gasteiger charge is 2.21. The molecule has 0 unspecified atom stereocenters. The summed E-state index contributed by atoms with van der Waals surface area (Å²) in [4.78, 5) is 22.9. The van der Waals surface area contributed by atoms with Gasteiger partial charge in [0.05, 0.1) is 25.9 Å². The van der Waals surface area contributed by atoms with Crippen molar-refractivity contribution in [3.05, 3.63) is 47.9 Å². The lowest BCUT2D eigenvalue weighted by molar-refractivity contribution is -0.127. The minimum absolute atomic E-state index is 0.0109. The van der Waals surface area contributed by atoms with E-state index in [2.05, 4.69) is 20.3 Å². The number of ether oxygens (including phenoxy) is 1. The number of guanidine groups is 1. The number of carbonyl (C=O) groups excluding carboxylic acids is 1. The number of nitrogens with zero attached hydrogens (tertiary/aromatic N) is 5. The molecule has 9 heteroatoms. The molecule has 1 aliphatic rings. The van der Waals surface area contributed by atoms with Gasteiger partial charge < -0.3 is 24.4 Å². The number of rotatable bonds is 7. The van der Waals surface area contributed by atoms with Crippen molar-refractivity contribution in [2.45, 2.75) is 13.1 Å². The van der Waals surface area contributed by atoms with Gasteiger partial charge >= 0.3 is 0 Å². The summed E-state index contributed by atoms with van der Waals surface area (Å²) in [6, 6.07) is 9.75. The third-order valence-corrected chi connectivity index (χ3v) is 5.02. The second kappa shape index (κ2) is 10.6. The predicted molar refractivity (Wildman–Crippen MR) is 114 cm³/mol. The van der Waals surface area contributed by atoms with Crippen LogP contribution in [-0.2, 0) is 17.9 Å². The first-order valence-electron chi connectivity index (χ1n) is 10.0. The van der Waals surface area contributed by atoms with Crippen LogP contribution in [-0.4, -0.2) is 85.7 Å². The predicted octanol–water partition coefficient (Wildman–Crippen LogP) is 1.03. The molecule has 3 rings (SSSR count). The number of carbonyl (C=O) groups is 1. The van der Waals surface area contributed by atoms with Gasteiger partial charge in [-0.3, -0.25) is 9.69 Å². The fourth-order valence-corrected chi connectivity index (χ4v) is 3.14. The molecule has 0 saturated carbocycles. The van der Waals surface area contributed by atoms with Crippen molar-refractivity contribution in [2.75, 3.05) is 53.9 Å². The van der Waals surface area contributed by atoms with E-state index in [0.717, 1.165) is 55.7 Å². The van der Waals surface area contributed by atoms with Crippen molar-refractivity contribution in [2.24, 2.45) is 4.99 Å². The molecule has 0 radical (unpaired) electrons. The molecular formula is C21H30N6O3. The first-order chi connectivity index (χ1) is 14.5. The Morgan fingerprint density at radius 3 is 2.53 bits per heavy atom. The molecule has 1 N–H and O–H groups in total. The number of likely N-dealkylation sites (N-methyl/N-ethyl adjacent to an activating group) is 1. The van der Waals surface area contributed by atoms with Crippen LogP contribution in [0.5, 0.6) is 5.75 Å². The molecule has 0 spiro atoms. The normalized spacial score (nSPS) is 15.2. The number of benzene rings is 1. The third-order valence-electron chi connectivity index (χ3n) is 5.02. The van der Waals surface area contributed by atoms with Gasteiger partial charge in [0.15, 0.2) is 5.96 Å². The fraction of sp³-hybridized carbons (Fsp3) is 0.476. The highest BCUT2D eigenvalue weighted by atomic mass is 16.5. The molecule has 0 bridgehead atoms. The molecule has 162 valence electrons. The molecule has 9 nitrogen and oxygen atoms in total. The molecule has 0 atom stereocenters. The van der Waals surface area contributed by atoms with Gasteiger partial charge in [0, 0.05) is 52.9 Å². The van der Waals surface area contributed by atoms with Crippen molar-refractivity contribution >= 4 is 11.9 Å². The second-order valence-electron chi connectivity index (χ2n) is 7.38. The number of methoxy groups -OCH3 is 1. The molecule has 1 aromatic heterocycles. The van der Waals surface area contributed by atoms with Gasteiger partial charge in [-0.1, -0.05) is 17.3 Å². The Hall–Kier alpha value is -3.07. The van der Waals surface area contributed by atoms with Crippen molar-refractivity contribution < 1.29 is 14.1 Å². The highest BCUT2D eigenvalue weighted by molar-refractivity contribution is 5.86. The van der Waals surface area contributed by atoms with Gasteiger partial charge in [-0.25, -0.2) is 4.99 Å². The van der Waals surface area contributed by atoms with E-state index in [1.54, 1.807) is 32.4 Å². The zero-order valence-corrected chi connectivity index (χ0v) is 17.9. The van der Waals surface area contributed by atoms with Crippen LogP contribution in [0, 0.1) is 0 Å². The first-order valence-corrected chi connectivity index (χ1v) is 10.0. The zero-order valence-electron chi connectivity index (χ0n) is 17.9. The molecule has 1 saturated heterocycles. The van der Waals surface area contributed by atoms with E-state index in [0.29, 0.717) is 6.54 Å². The Labute approximate surface area is 177 Å². The van der Waals surface area contributed by atoms with Crippen molar-refractivity contribution in [1.82, 2.24) is 25.2 Å². The number of amides is 1. The van der Waals surface area contributed by atoms with E-state index in [4.69, 9.17) is 14.3 Å². The Kier molecular flexibility index (Phi) is 7.67. The van der Waals surface area contributed by atoms with Crippen LogP contribution in [0.4, 0.5) is 0 Å². The second-order valence-corrected chi connectivity index (χ2v) is 7.38. The number of hydrogen-bond donors (Lipinski definition) is 1. The summed E-state index contributed by atoms with van der Waals surface area (Å²) < 4.78 is 10.1. The molecule has 2 aromatic rings. The molecular weight excluding hydrogens is 384 g/mol. The van der Waals surface area contributed by atoms with Crippen LogP contribution in [0.25, 0.3) is 0 Å². The maximum Gasteiger partial charge on any atom is 0.241 e. The standard InChI is InChI=1S/C21H30N6O3/c1-25(2)20(28)15-23-21(22-14-17-4-6-19(29-3)7-5-17)27-11-9-26(10-12-27)16-18-8-13-30-24-18/h4-8,13H,9-12,14-16H2,1-3H3,(H,22,23). The molecule has 1 aromatic carbocycles. The lowest BCUT2D eigenvalue weighted by atomic mass is 10.2. The van der Waals surface area contributed by atoms with Crippen molar-refractivity contribution in [3.8, 4) is 5.75 Å². The van der Waals surface area contributed by atoms with Crippen LogP contribution in [0.15, 0.2) is 46.1 Å². The van der Waals surface area contributed by atoms with Crippen LogP contribution >= 0.6 is 0 Å². The third kappa shape index (κ3) is 6.21. The highest BCUT2D eigenvalue weighted by Crippen LogP contribution is 2.13. The van der Waals surface area contributed by atoms with Crippen LogP contribution in [0.2, 0.25) is 0 Å². The van der Waals surface area contributed by atoms with E-state index in [1.165, 1.54) is 0 Å². The Balaban J connectivity index is 1.62. The van der Waals surface area contributed by atoms with Crippen LogP contribution < -0.4 is 10.1 Å². The monoisotopic (exact) mass is 414 g/mol. The van der Waals surface area contributed by atoms with Crippen molar-refractivity contribution in [3.63, 3.8) is 0 Å². The Morgan fingerprint density at radius 2 is 1.93 bits per heavy atom. The summed E-state index contributed by atoms with van der Waals surface area (Å²) in [5.74, 6) is 1.58. The maximum absolute atomic E-state index is 12.1. The summed E-state index contributed by atoms with van der Waals surface area (Å²) in [5.41, 5.74) is 2.02. The number of piperazine rings is 1. The molecule has 1 fully saturated rings. The SMILES string of the molecule is COc1ccc(CN=C(NCC(=O)N(C)C)N2CCN(Cc3ccon3)CC2)cc1. The molecule has 1 amide bonds. The largest absolute Gasteiger partial charge is 0.497 e. The minimum atomic E-state index is 0.0109. The van der Waals surface area contributed by atoms with Gasteiger partial charge in [-0.15, -0.1) is 0 Å². The summed E-state index contributed by atoms with van der Waals surface area (Å²) in [6.45, 7) is 4.94. The average molecular weight is 415 g/mol. The molecule has 1 aliphatic heterocycles. The number of aliphatic imine (C=N–C) groups is 1. The van der Waals surface area contributed by atoms with E-state index >= 15 is 0 Å². The number of aromatic nitrogens is 1. The summed E-state index contributed by atoms with van der Waals surface area (Å²) >= 11 is 0. The van der Waals surface area contributed by atoms with Gasteiger partial charge in [0.25, 0.3) is 0 Å². The van der Waals surface area contributed by atoms with Crippen molar-refractivity contribution in [1.29, 1.82) is 0 Å². The smallest absolute Gasteiger partial charge is 0.241 e. The molecule has 0 aliphatic carbocycles. The van der Waals surface area contributed by atoms with Crippen LogP contribution in [0.1, 0.15) is 11.3 Å². The minimum Gasteiger partial charge on any atom is -0.497 e. The van der Waals surface area contributed by atoms with E-state index in [-0.39, 0.29) is 12.5 Å². The summed E-state index contributed by atoms with van der Waals surface area (Å²) in [7, 11) is 5.15. The Morgan fingerprint density at radius 1 is 1.20 bits per heavy atom. The number of nitrogens with one attached hydrogen (secondary N) is 1. The van der Waals surface area contributed by atoms with E-state index in [1.807, 2.05) is 30.3 Å². The fourth-order valence-electron chi connectivity index (χ4n) is 3.14. The zero-order chi connectivity index (χ0) is 21.3. The van der Waals surface area contributed by atoms with Gasteiger partial charge in [0.1, 0.15) is 12.0 Å². The molecule has 2 heterocycles. The summed E-state index contributed by atoms with van der Waals surface area (Å²) in [6.07, 6.45) is 1.60. The van der Waals surface area contributed by atoms with Gasteiger partial charge in [-0.05, 0) is 17.7 Å². The van der Waals surface area contributed by atoms with Gasteiger partial charge in [-0.2, -0.15) is 0 Å². The topological polar surface area (TPSA) is 86.4 Å². The number of hydrogen-bond acceptors (Lipinski definition) is 6.